The Labute approximate surface area is 308 Å². The maximum atomic E-state index is 6.71. The van der Waals surface area contributed by atoms with Crippen molar-refractivity contribution in [1.29, 1.82) is 0 Å². The van der Waals surface area contributed by atoms with E-state index < -0.39 is 5.79 Å². The summed E-state index contributed by atoms with van der Waals surface area (Å²) in [5.41, 5.74) is 4.57. The second-order valence-corrected chi connectivity index (χ2v) is 14.8. The number of allylic oxidation sites excluding steroid dienone is 4. The summed E-state index contributed by atoms with van der Waals surface area (Å²) in [5, 5.41) is 14.8. The highest BCUT2D eigenvalue weighted by molar-refractivity contribution is 7.06. The van der Waals surface area contributed by atoms with E-state index in [4.69, 9.17) is 25.8 Å². The number of nitrogens with zero attached hydrogens (tertiary/aromatic N) is 8. The lowest BCUT2D eigenvalue weighted by Gasteiger charge is -2.42. The van der Waals surface area contributed by atoms with Crippen molar-refractivity contribution in [3.05, 3.63) is 106 Å². The lowest BCUT2D eigenvalue weighted by Crippen LogP contribution is -2.50. The van der Waals surface area contributed by atoms with Crippen LogP contribution >= 0.6 is 20.5 Å². The number of piperazine rings is 1. The largest absolute Gasteiger partial charge is 0.491 e. The molecule has 2 aliphatic heterocycles. The number of hydrogen-bond acceptors (Lipinski definition) is 8. The Kier molecular flexibility index (Phi) is 11.0. The molecule has 4 aliphatic rings. The fraction of sp³-hybridized carbons (Fsp3) is 0.526. The van der Waals surface area contributed by atoms with Crippen LogP contribution in [-0.2, 0) is 26.5 Å². The van der Waals surface area contributed by atoms with Crippen LogP contribution in [0.2, 0.25) is 5.02 Å². The molecule has 11 nitrogen and oxygen atoms in total. The third kappa shape index (κ3) is 7.69. The number of aryl methyl sites for hydroxylation is 1. The molecular weight excluding hydrogens is 683 g/mol. The van der Waals surface area contributed by atoms with E-state index >= 15 is 0 Å². The van der Waals surface area contributed by atoms with Crippen LogP contribution in [0.4, 0.5) is 0 Å². The highest BCUT2D eigenvalue weighted by atomic mass is 35.5. The van der Waals surface area contributed by atoms with Crippen LogP contribution < -0.4 is 0 Å². The maximum Gasteiger partial charge on any atom is 0.219 e. The Bertz CT molecular complexity index is 1860. The summed E-state index contributed by atoms with van der Waals surface area (Å²) in [4.78, 5) is 6.74. The first-order chi connectivity index (χ1) is 24.8. The van der Waals surface area contributed by atoms with E-state index in [1.165, 1.54) is 11.3 Å². The highest BCUT2D eigenvalue weighted by Gasteiger charge is 2.46. The molecule has 0 N–H and O–H groups in total. The molecule has 2 fully saturated rings. The standard InChI is InChI=1S/C38H50ClN8O3P/c1-5-28(4)47-37(51)45(26-42-47)31-10-8-30(9-11-31)43-17-19-44(20-18-43)36-14-12-32(22-29(36)6-2)48-23-33-24-49-38(50-33,25-46-40-15-16-41-46)34-13-7-27(3)21-35(34)39/h7-10,12-13,15-16,21-22,26,28,31,33,36,51H,5-6,11,14,17-20,23-25H2,1-4H3. The van der Waals surface area contributed by atoms with Crippen LogP contribution in [0.25, 0.3) is 0 Å². The normalized spacial score (nSPS) is 26.2. The fourth-order valence-corrected chi connectivity index (χ4v) is 8.41. The van der Waals surface area contributed by atoms with Crippen molar-refractivity contribution in [3.63, 3.8) is 0 Å². The van der Waals surface area contributed by atoms with Crippen molar-refractivity contribution in [1.82, 2.24) is 39.1 Å². The molecule has 0 amide bonds. The van der Waals surface area contributed by atoms with E-state index in [9.17, 15) is 0 Å². The first-order valence-corrected chi connectivity index (χ1v) is 19.2. The molecule has 13 heteroatoms. The summed E-state index contributed by atoms with van der Waals surface area (Å²) in [5.74, 6) is -0.203. The van der Waals surface area contributed by atoms with Crippen LogP contribution in [-0.4, -0.2) is 90.7 Å². The van der Waals surface area contributed by atoms with E-state index in [0.717, 1.165) is 73.9 Å². The Morgan fingerprint density at radius 3 is 2.59 bits per heavy atom. The van der Waals surface area contributed by atoms with Crippen LogP contribution in [0.1, 0.15) is 69.7 Å². The molecule has 51 heavy (non-hydrogen) atoms. The van der Waals surface area contributed by atoms with Gasteiger partial charge in [-0.05, 0) is 75.0 Å². The molecule has 5 atom stereocenters. The molecule has 1 aromatic carbocycles. The van der Waals surface area contributed by atoms with Gasteiger partial charge in [-0.15, -0.1) is 0 Å². The molecule has 3 aromatic rings. The van der Waals surface area contributed by atoms with Gasteiger partial charge in [0.25, 0.3) is 0 Å². The van der Waals surface area contributed by atoms with Crippen molar-refractivity contribution in [2.24, 2.45) is 0 Å². The van der Waals surface area contributed by atoms with Gasteiger partial charge in [0, 0.05) is 48.5 Å². The van der Waals surface area contributed by atoms with E-state index in [2.05, 4.69) is 94.4 Å². The minimum Gasteiger partial charge on any atom is -0.491 e. The van der Waals surface area contributed by atoms with E-state index in [-0.39, 0.29) is 18.7 Å². The Balaban J connectivity index is 0.918. The monoisotopic (exact) mass is 732 g/mol. The molecule has 0 radical (unpaired) electrons. The molecular formula is C38H50ClN8O3P. The number of rotatable bonds is 12. The zero-order chi connectivity index (χ0) is 35.5. The van der Waals surface area contributed by atoms with Gasteiger partial charge in [-0.2, -0.15) is 20.1 Å². The lowest BCUT2D eigenvalue weighted by molar-refractivity contribution is -0.193. The second kappa shape index (κ2) is 15.6. The minimum atomic E-state index is -1.10. The number of ether oxygens (including phenoxy) is 3. The van der Waals surface area contributed by atoms with Crippen molar-refractivity contribution in [3.8, 4) is 0 Å². The van der Waals surface area contributed by atoms with Crippen LogP contribution in [0.3, 0.4) is 0 Å². The van der Waals surface area contributed by atoms with Crippen LogP contribution in [0.5, 0.6) is 0 Å². The molecule has 2 aliphatic carbocycles. The predicted octanol–water partition coefficient (Wildman–Crippen LogP) is 6.86. The van der Waals surface area contributed by atoms with Gasteiger partial charge in [0.15, 0.2) is 5.20 Å². The number of aromatic nitrogens is 6. The first kappa shape index (κ1) is 35.9. The summed E-state index contributed by atoms with van der Waals surface area (Å²) < 4.78 is 23.6. The SMILES string of the molecule is CCC1=CC(OCC2COC(Cn3nccn3)(c3ccc(C)cc3Cl)O2)=CCC1N1CCN(C2=CCC(n3cnn(C(C)CC)c3=P)C=C2)CC1. The highest BCUT2D eigenvalue weighted by Crippen LogP contribution is 2.40. The third-order valence-electron chi connectivity index (χ3n) is 10.7. The smallest absolute Gasteiger partial charge is 0.219 e. The molecule has 0 bridgehead atoms. The molecule has 0 spiro atoms. The van der Waals surface area contributed by atoms with Gasteiger partial charge >= 0.3 is 0 Å². The maximum absolute atomic E-state index is 6.71. The summed E-state index contributed by atoms with van der Waals surface area (Å²) in [6.07, 6.45) is 20.3. The van der Waals surface area contributed by atoms with Gasteiger partial charge in [-0.1, -0.05) is 58.6 Å². The van der Waals surface area contributed by atoms with Gasteiger partial charge in [0.1, 0.15) is 31.3 Å². The summed E-state index contributed by atoms with van der Waals surface area (Å²) in [6, 6.07) is 6.93. The topological polar surface area (TPSA) is 87.6 Å². The van der Waals surface area contributed by atoms with E-state index in [1.807, 2.05) is 31.5 Å². The number of benzene rings is 1. The van der Waals surface area contributed by atoms with Crippen molar-refractivity contribution in [2.75, 3.05) is 39.4 Å². The molecule has 272 valence electrons. The molecule has 7 rings (SSSR count). The van der Waals surface area contributed by atoms with Gasteiger partial charge < -0.3 is 23.7 Å². The molecule has 0 saturated carbocycles. The molecule has 4 heterocycles. The summed E-state index contributed by atoms with van der Waals surface area (Å²) in [7, 11) is 3.84. The van der Waals surface area contributed by atoms with Crippen LogP contribution in [0, 0.1) is 12.1 Å². The van der Waals surface area contributed by atoms with E-state index in [0.29, 0.717) is 30.3 Å². The average molecular weight is 733 g/mol. The first-order valence-electron chi connectivity index (χ1n) is 18.3. The predicted molar refractivity (Wildman–Crippen MR) is 200 cm³/mol. The van der Waals surface area contributed by atoms with Gasteiger partial charge in [0.05, 0.1) is 31.1 Å². The number of hydrogen-bond donors (Lipinski definition) is 0. The Hall–Kier alpha value is -3.47. The summed E-state index contributed by atoms with van der Waals surface area (Å²) in [6.45, 7) is 13.8. The Morgan fingerprint density at radius 1 is 1.08 bits per heavy atom. The molecule has 2 saturated heterocycles. The minimum absolute atomic E-state index is 0.268. The quantitative estimate of drug-likeness (QED) is 0.187. The van der Waals surface area contributed by atoms with Gasteiger partial charge in [-0.25, -0.2) is 4.68 Å². The van der Waals surface area contributed by atoms with Crippen molar-refractivity contribution < 1.29 is 14.2 Å². The van der Waals surface area contributed by atoms with Gasteiger partial charge in [0.2, 0.25) is 5.79 Å². The molecule has 5 unspecified atom stereocenters. The molecule has 2 aromatic heterocycles. The lowest BCUT2D eigenvalue weighted by atomic mass is 9.93. The van der Waals surface area contributed by atoms with E-state index in [1.54, 1.807) is 17.2 Å². The fourth-order valence-electron chi connectivity index (χ4n) is 7.53. The van der Waals surface area contributed by atoms with Crippen molar-refractivity contribution in [2.45, 2.75) is 89.9 Å². The average Bonchev–Trinajstić information content (AvgIpc) is 3.91. The van der Waals surface area contributed by atoms with Crippen LogP contribution in [0.15, 0.2) is 84.3 Å². The van der Waals surface area contributed by atoms with Gasteiger partial charge in [-0.3, -0.25) is 4.90 Å². The van der Waals surface area contributed by atoms with Crippen molar-refractivity contribution >= 4 is 20.5 Å². The number of halogens is 1. The Morgan fingerprint density at radius 2 is 1.88 bits per heavy atom. The third-order valence-corrected chi connectivity index (χ3v) is 11.5. The second-order valence-electron chi connectivity index (χ2n) is 14.0. The zero-order valence-corrected chi connectivity index (χ0v) is 31.9. The zero-order valence-electron chi connectivity index (χ0n) is 30.1. The summed E-state index contributed by atoms with van der Waals surface area (Å²) >= 11 is 6.71.